The zero-order valence-electron chi connectivity index (χ0n) is 15.7. The molecule has 0 fully saturated rings. The van der Waals surface area contributed by atoms with Crippen molar-refractivity contribution in [2.75, 3.05) is 6.61 Å². The lowest BCUT2D eigenvalue weighted by Crippen LogP contribution is -2.36. The molecule has 0 aromatic carbocycles. The van der Waals surface area contributed by atoms with Gasteiger partial charge >= 0.3 is 11.9 Å². The maximum absolute atomic E-state index is 12.5. The largest absolute Gasteiger partial charge is 0.481 e. The van der Waals surface area contributed by atoms with Crippen molar-refractivity contribution in [1.82, 2.24) is 0 Å². The highest BCUT2D eigenvalue weighted by atomic mass is 16.5. The van der Waals surface area contributed by atoms with Gasteiger partial charge in [-0.3, -0.25) is 9.59 Å². The fraction of sp³-hybridized carbons (Fsp3) is 0.800. The van der Waals surface area contributed by atoms with Crippen LogP contribution in [0.3, 0.4) is 0 Å². The van der Waals surface area contributed by atoms with Crippen LogP contribution in [0.25, 0.3) is 0 Å². The predicted octanol–water partition coefficient (Wildman–Crippen LogP) is 4.83. The van der Waals surface area contributed by atoms with Gasteiger partial charge in [0.25, 0.3) is 0 Å². The van der Waals surface area contributed by atoms with Crippen LogP contribution in [-0.4, -0.2) is 23.7 Å². The Bertz CT molecular complexity index is 441. The molecule has 0 saturated carbocycles. The van der Waals surface area contributed by atoms with Crippen LogP contribution in [0, 0.1) is 23.2 Å². The van der Waals surface area contributed by atoms with Crippen molar-refractivity contribution in [1.29, 1.82) is 0 Å². The molecule has 3 atom stereocenters. The van der Waals surface area contributed by atoms with Gasteiger partial charge in [0.15, 0.2) is 0 Å². The van der Waals surface area contributed by atoms with E-state index in [4.69, 9.17) is 4.74 Å². The molecule has 1 N–H and O–H groups in total. The molecule has 0 amide bonds. The normalized spacial score (nSPS) is 23.0. The fourth-order valence-corrected chi connectivity index (χ4v) is 3.75. The van der Waals surface area contributed by atoms with Crippen molar-refractivity contribution in [3.05, 3.63) is 12.2 Å². The second-order valence-corrected chi connectivity index (χ2v) is 7.66. The Labute approximate surface area is 146 Å². The molecule has 3 unspecified atom stereocenters. The highest BCUT2D eigenvalue weighted by Gasteiger charge is 2.37. The molecule has 138 valence electrons. The number of carbonyl (C=O) groups excluding carboxylic acids is 1. The van der Waals surface area contributed by atoms with Crippen molar-refractivity contribution in [3.63, 3.8) is 0 Å². The lowest BCUT2D eigenvalue weighted by atomic mass is 9.74. The minimum Gasteiger partial charge on any atom is -0.481 e. The van der Waals surface area contributed by atoms with E-state index in [-0.39, 0.29) is 11.4 Å². The highest BCUT2D eigenvalue weighted by Crippen LogP contribution is 2.37. The number of unbranched alkanes of at least 4 members (excludes halogenated alkanes) is 1. The van der Waals surface area contributed by atoms with E-state index in [0.717, 1.165) is 32.1 Å². The molecule has 0 saturated heterocycles. The van der Waals surface area contributed by atoms with Crippen molar-refractivity contribution in [3.8, 4) is 0 Å². The van der Waals surface area contributed by atoms with Crippen LogP contribution in [0.4, 0.5) is 0 Å². The van der Waals surface area contributed by atoms with Gasteiger partial charge in [0.1, 0.15) is 0 Å². The molecule has 0 spiro atoms. The zero-order valence-corrected chi connectivity index (χ0v) is 15.7. The minimum atomic E-state index is -0.906. The number of ether oxygens (including phenoxy) is 1. The maximum atomic E-state index is 12.5. The van der Waals surface area contributed by atoms with E-state index in [0.29, 0.717) is 25.4 Å². The summed E-state index contributed by atoms with van der Waals surface area (Å²) in [4.78, 5) is 23.9. The molecule has 4 heteroatoms. The molecule has 0 aromatic heterocycles. The first-order valence-corrected chi connectivity index (χ1v) is 9.39. The molecular formula is C20H34O4. The van der Waals surface area contributed by atoms with Crippen molar-refractivity contribution in [2.24, 2.45) is 23.2 Å². The average molecular weight is 338 g/mol. The SMILES string of the molecule is CCCCC(CC)(COC(=O)C1CC=CCC1C(=O)O)CC(C)C. The third kappa shape index (κ3) is 5.95. The smallest absolute Gasteiger partial charge is 0.310 e. The van der Waals surface area contributed by atoms with Gasteiger partial charge < -0.3 is 9.84 Å². The molecule has 0 bridgehead atoms. The van der Waals surface area contributed by atoms with Crippen LogP contribution in [-0.2, 0) is 14.3 Å². The van der Waals surface area contributed by atoms with E-state index < -0.39 is 17.8 Å². The third-order valence-corrected chi connectivity index (χ3v) is 5.22. The average Bonchev–Trinajstić information content (AvgIpc) is 2.56. The number of carbonyl (C=O) groups is 2. The van der Waals surface area contributed by atoms with Crippen LogP contribution in [0.5, 0.6) is 0 Å². The van der Waals surface area contributed by atoms with Crippen LogP contribution in [0.1, 0.15) is 72.6 Å². The van der Waals surface area contributed by atoms with Crippen molar-refractivity contribution >= 4 is 11.9 Å². The molecule has 4 nitrogen and oxygen atoms in total. The van der Waals surface area contributed by atoms with E-state index >= 15 is 0 Å². The Morgan fingerprint density at radius 3 is 2.33 bits per heavy atom. The van der Waals surface area contributed by atoms with Gasteiger partial charge in [-0.1, -0.05) is 52.7 Å². The first-order chi connectivity index (χ1) is 11.3. The van der Waals surface area contributed by atoms with Gasteiger partial charge in [0, 0.05) is 5.41 Å². The van der Waals surface area contributed by atoms with E-state index in [9.17, 15) is 14.7 Å². The number of hydrogen-bond acceptors (Lipinski definition) is 3. The first-order valence-electron chi connectivity index (χ1n) is 9.39. The first kappa shape index (κ1) is 20.7. The highest BCUT2D eigenvalue weighted by molar-refractivity contribution is 5.81. The van der Waals surface area contributed by atoms with Gasteiger partial charge in [-0.05, 0) is 38.0 Å². The standard InChI is InChI=1S/C20H34O4/c1-5-7-12-20(6-2,13-15(3)4)14-24-19(23)17-11-9-8-10-16(17)18(21)22/h8-9,15-17H,5-7,10-14H2,1-4H3,(H,21,22). The molecule has 24 heavy (non-hydrogen) atoms. The quantitative estimate of drug-likeness (QED) is 0.458. The van der Waals surface area contributed by atoms with Crippen LogP contribution in [0.15, 0.2) is 12.2 Å². The number of esters is 1. The molecule has 0 aliphatic heterocycles. The Morgan fingerprint density at radius 2 is 1.83 bits per heavy atom. The number of carboxylic acids is 1. The van der Waals surface area contributed by atoms with E-state index in [1.54, 1.807) is 0 Å². The summed E-state index contributed by atoms with van der Waals surface area (Å²) in [5.74, 6) is -1.91. The fourth-order valence-electron chi connectivity index (χ4n) is 3.75. The van der Waals surface area contributed by atoms with Gasteiger partial charge in [-0.2, -0.15) is 0 Å². The molecular weight excluding hydrogens is 304 g/mol. The molecule has 0 radical (unpaired) electrons. The molecule has 1 aliphatic carbocycles. The minimum absolute atomic E-state index is 0.0169. The Morgan fingerprint density at radius 1 is 1.21 bits per heavy atom. The Kier molecular flexibility index (Phi) is 8.51. The maximum Gasteiger partial charge on any atom is 0.310 e. The van der Waals surface area contributed by atoms with Crippen LogP contribution >= 0.6 is 0 Å². The van der Waals surface area contributed by atoms with Crippen molar-refractivity contribution < 1.29 is 19.4 Å². The number of carboxylic acid groups (broad SMARTS) is 1. The van der Waals surface area contributed by atoms with E-state index in [1.807, 2.05) is 12.2 Å². The van der Waals surface area contributed by atoms with Gasteiger partial charge in [-0.25, -0.2) is 0 Å². The summed E-state index contributed by atoms with van der Waals surface area (Å²) in [5, 5.41) is 9.33. The van der Waals surface area contributed by atoms with Gasteiger partial charge in [0.2, 0.25) is 0 Å². The van der Waals surface area contributed by atoms with Gasteiger partial charge in [0.05, 0.1) is 18.4 Å². The molecule has 1 rings (SSSR count). The van der Waals surface area contributed by atoms with Crippen molar-refractivity contribution in [2.45, 2.75) is 72.6 Å². The van der Waals surface area contributed by atoms with Gasteiger partial charge in [-0.15, -0.1) is 0 Å². The molecule has 1 aliphatic rings. The lowest BCUT2D eigenvalue weighted by molar-refractivity contribution is -0.161. The Balaban J connectivity index is 2.75. The van der Waals surface area contributed by atoms with E-state index in [1.165, 1.54) is 0 Å². The summed E-state index contributed by atoms with van der Waals surface area (Å²) < 4.78 is 5.68. The topological polar surface area (TPSA) is 63.6 Å². The summed E-state index contributed by atoms with van der Waals surface area (Å²) in [7, 11) is 0. The summed E-state index contributed by atoms with van der Waals surface area (Å²) >= 11 is 0. The second-order valence-electron chi connectivity index (χ2n) is 7.66. The summed E-state index contributed by atoms with van der Waals surface area (Å²) in [6, 6.07) is 0. The summed E-state index contributed by atoms with van der Waals surface area (Å²) in [6.45, 7) is 9.14. The lowest BCUT2D eigenvalue weighted by Gasteiger charge is -2.35. The number of allylic oxidation sites excluding steroid dienone is 2. The zero-order chi connectivity index (χ0) is 18.2. The summed E-state index contributed by atoms with van der Waals surface area (Å²) in [6.07, 6.45) is 9.93. The van der Waals surface area contributed by atoms with E-state index in [2.05, 4.69) is 27.7 Å². The summed E-state index contributed by atoms with van der Waals surface area (Å²) in [5.41, 5.74) is 0.0169. The predicted molar refractivity (Wildman–Crippen MR) is 95.7 cm³/mol. The second kappa shape index (κ2) is 9.85. The number of aliphatic carboxylic acids is 1. The third-order valence-electron chi connectivity index (χ3n) is 5.22. The molecule has 0 heterocycles. The monoisotopic (exact) mass is 338 g/mol. The number of rotatable bonds is 10. The van der Waals surface area contributed by atoms with Crippen LogP contribution < -0.4 is 0 Å². The number of hydrogen-bond donors (Lipinski definition) is 1. The van der Waals surface area contributed by atoms with Crippen LogP contribution in [0.2, 0.25) is 0 Å². The molecule has 0 aromatic rings. The Hall–Kier alpha value is -1.32.